The zero-order chi connectivity index (χ0) is 46.3. The molecule has 2 nitrogen and oxygen atoms in total. The maximum atomic E-state index is 14.4. The van der Waals surface area contributed by atoms with Gasteiger partial charge in [-0.2, -0.15) is 92.2 Å². The molecule has 0 aliphatic heterocycles. The summed E-state index contributed by atoms with van der Waals surface area (Å²) in [5.74, 6) is -77.9. The van der Waals surface area contributed by atoms with Crippen molar-refractivity contribution in [3.63, 3.8) is 0 Å². The van der Waals surface area contributed by atoms with Crippen molar-refractivity contribution in [3.8, 4) is 0 Å². The molecule has 0 aliphatic carbocycles. The molecule has 1 unspecified atom stereocenters. The molecule has 0 bridgehead atoms. The highest BCUT2D eigenvalue weighted by Crippen LogP contribution is 2.66. The first kappa shape index (κ1) is 51.9. The predicted octanol–water partition coefficient (Wildman–Crippen LogP) is 13.6. The van der Waals surface area contributed by atoms with E-state index in [-0.39, 0.29) is 22.6 Å². The second kappa shape index (κ2) is 16.9. The Labute approximate surface area is 326 Å². The Morgan fingerprint density at radius 2 is 0.949 bits per heavy atom. The summed E-state index contributed by atoms with van der Waals surface area (Å²) < 4.78 is 292. The number of benzene rings is 2. The van der Waals surface area contributed by atoms with Crippen LogP contribution in [0, 0.1) is 0 Å². The number of rotatable bonds is 19. The van der Waals surface area contributed by atoms with Gasteiger partial charge < -0.3 is 4.74 Å². The normalized spacial score (nSPS) is 15.3. The molecule has 0 radical (unpaired) electrons. The second-order valence-corrected chi connectivity index (χ2v) is 15.7. The lowest BCUT2D eigenvalue weighted by Gasteiger charge is -2.44. The Bertz CT molecular complexity index is 1710. The van der Waals surface area contributed by atoms with E-state index in [9.17, 15) is 97.0 Å². The van der Waals surface area contributed by atoms with Crippen molar-refractivity contribution in [3.05, 3.63) is 65.2 Å². The molecule has 0 aliphatic rings. The van der Waals surface area contributed by atoms with E-state index in [0.717, 1.165) is 34.7 Å². The highest BCUT2D eigenvalue weighted by molar-refractivity contribution is 8.00. The molecule has 0 aromatic heterocycles. The average Bonchev–Trinajstić information content (AvgIpc) is 3.09. The van der Waals surface area contributed by atoms with Crippen LogP contribution in [-0.4, -0.2) is 70.7 Å². The largest absolute Gasteiger partial charge is 0.461 e. The van der Waals surface area contributed by atoms with E-state index in [1.165, 1.54) is 11.8 Å². The lowest BCUT2D eigenvalue weighted by atomic mass is 9.85. The van der Waals surface area contributed by atoms with Crippen molar-refractivity contribution in [2.45, 2.75) is 141 Å². The van der Waals surface area contributed by atoms with Gasteiger partial charge in [-0.1, -0.05) is 70.5 Å². The smallest absolute Gasteiger partial charge is 0.460 e. The second-order valence-electron chi connectivity index (χ2n) is 14.3. The van der Waals surface area contributed by atoms with Gasteiger partial charge in [-0.15, -0.1) is 11.8 Å². The van der Waals surface area contributed by atoms with Crippen molar-refractivity contribution < 1.29 is 102 Å². The molecule has 0 heterocycles. The summed E-state index contributed by atoms with van der Waals surface area (Å²) in [4.78, 5) is 13.4. The summed E-state index contributed by atoms with van der Waals surface area (Å²) in [6.07, 6.45) is -11.1. The van der Waals surface area contributed by atoms with Gasteiger partial charge in [-0.25, -0.2) is 0 Å². The van der Waals surface area contributed by atoms with Crippen LogP contribution in [0.4, 0.5) is 92.2 Å². The summed E-state index contributed by atoms with van der Waals surface area (Å²) in [6, 6.07) is 11.3. The maximum absolute atomic E-state index is 14.4. The number of thioether (sulfide) groups is 1. The Morgan fingerprint density at radius 3 is 1.34 bits per heavy atom. The summed E-state index contributed by atoms with van der Waals surface area (Å²) in [7, 11) is 0. The van der Waals surface area contributed by atoms with Crippen LogP contribution in [0.15, 0.2) is 53.4 Å². The first-order chi connectivity index (χ1) is 26.2. The molecular weight excluding hydrogens is 883 g/mol. The SMILES string of the molecule is CCCC(CC(=O)OCc1ccc(CCC(F)(F)C(F)(F)C(F)(F)C(F)(F)C(F)(F)C(F)(F)C(F)(F)C(F)(F)C(F)(F)C(F)(F)F)cc1)Sc1ccc(C(C)(C)C)cc1. The van der Waals surface area contributed by atoms with Crippen molar-refractivity contribution in [1.29, 1.82) is 0 Å². The standard InChI is InChI=1S/C35H33F21O2S/c1-5-6-23(59-22-13-11-21(12-14-22)25(2,3)4)17-24(57)58-18-20-9-7-19(8-10-20)15-16-26(36,37)27(38,39)28(40,41)29(42,43)30(44,45)31(46,47)32(48,49)33(50,51)34(52,53)35(54,55)56/h7-14,23H,5-6,15-18H2,1-4H3. The molecule has 0 spiro atoms. The Kier molecular flexibility index (Phi) is 14.9. The number of carbonyl (C=O) groups is 1. The fourth-order valence-electron chi connectivity index (χ4n) is 5.01. The first-order valence-corrected chi connectivity index (χ1v) is 17.6. The minimum Gasteiger partial charge on any atom is -0.461 e. The molecule has 59 heavy (non-hydrogen) atoms. The van der Waals surface area contributed by atoms with Gasteiger partial charge in [0.1, 0.15) is 6.61 Å². The van der Waals surface area contributed by atoms with Crippen LogP contribution in [0.3, 0.4) is 0 Å². The van der Waals surface area contributed by atoms with Crippen molar-refractivity contribution in [1.82, 2.24) is 0 Å². The van der Waals surface area contributed by atoms with Gasteiger partial charge in [0.25, 0.3) is 0 Å². The van der Waals surface area contributed by atoms with Gasteiger partial charge in [-0.05, 0) is 47.1 Å². The highest BCUT2D eigenvalue weighted by Gasteiger charge is 2.97. The van der Waals surface area contributed by atoms with Gasteiger partial charge >= 0.3 is 65.4 Å². The third-order valence-corrected chi connectivity index (χ3v) is 10.0. The molecule has 2 aromatic rings. The molecule has 338 valence electrons. The molecule has 24 heteroatoms. The zero-order valence-electron chi connectivity index (χ0n) is 30.6. The monoisotopic (exact) mass is 916 g/mol. The van der Waals surface area contributed by atoms with Crippen LogP contribution in [-0.2, 0) is 28.0 Å². The molecule has 2 aromatic carbocycles. The maximum Gasteiger partial charge on any atom is 0.460 e. The molecular formula is C35H33F21O2S. The number of alkyl halides is 21. The lowest BCUT2D eigenvalue weighted by Crippen LogP contribution is -2.76. The Balaban J connectivity index is 2.19. The van der Waals surface area contributed by atoms with Crippen LogP contribution < -0.4 is 0 Å². The molecule has 0 amide bonds. The van der Waals surface area contributed by atoms with E-state index in [4.69, 9.17) is 4.74 Å². The third kappa shape index (κ3) is 9.65. The first-order valence-electron chi connectivity index (χ1n) is 16.7. The minimum absolute atomic E-state index is 0.0724. The highest BCUT2D eigenvalue weighted by atomic mass is 32.2. The summed E-state index contributed by atoms with van der Waals surface area (Å²) in [5, 5.41) is -0.229. The summed E-state index contributed by atoms with van der Waals surface area (Å²) in [5.41, 5.74) is 0.557. The molecule has 0 N–H and O–H groups in total. The van der Waals surface area contributed by atoms with Crippen molar-refractivity contribution >= 4 is 17.7 Å². The minimum atomic E-state index is -9.21. The molecule has 1 atom stereocenters. The van der Waals surface area contributed by atoms with Crippen LogP contribution in [0.1, 0.15) is 70.1 Å². The zero-order valence-corrected chi connectivity index (χ0v) is 31.4. The number of aryl methyl sites for hydroxylation is 1. The number of esters is 1. The van der Waals surface area contributed by atoms with E-state index in [1.54, 1.807) is 0 Å². The number of hydrogen-bond acceptors (Lipinski definition) is 3. The van der Waals surface area contributed by atoms with Gasteiger partial charge in [0.15, 0.2) is 0 Å². The number of halogens is 21. The average molecular weight is 917 g/mol. The Morgan fingerprint density at radius 1 is 0.559 bits per heavy atom. The van der Waals surface area contributed by atoms with Crippen LogP contribution in [0.25, 0.3) is 0 Å². The van der Waals surface area contributed by atoms with Crippen LogP contribution in [0.2, 0.25) is 0 Å². The van der Waals surface area contributed by atoms with Crippen LogP contribution >= 0.6 is 11.8 Å². The van der Waals surface area contributed by atoms with Crippen molar-refractivity contribution in [2.24, 2.45) is 0 Å². The molecule has 0 saturated carbocycles. The van der Waals surface area contributed by atoms with Crippen molar-refractivity contribution in [2.75, 3.05) is 0 Å². The summed E-state index contributed by atoms with van der Waals surface area (Å²) >= 11 is 1.41. The number of hydrogen-bond donors (Lipinski definition) is 0. The predicted molar refractivity (Wildman–Crippen MR) is 169 cm³/mol. The van der Waals surface area contributed by atoms with Gasteiger partial charge in [-0.3, -0.25) is 4.79 Å². The topological polar surface area (TPSA) is 26.3 Å². The van der Waals surface area contributed by atoms with E-state index in [2.05, 4.69) is 0 Å². The van der Waals surface area contributed by atoms with E-state index < -0.39 is 90.5 Å². The fraction of sp³-hybridized carbons (Fsp3) is 0.629. The summed E-state index contributed by atoms with van der Waals surface area (Å²) in [6.45, 7) is 7.48. The number of carbonyl (C=O) groups excluding carboxylic acids is 1. The van der Waals surface area contributed by atoms with Crippen LogP contribution in [0.5, 0.6) is 0 Å². The van der Waals surface area contributed by atoms with Gasteiger partial charge in [0.05, 0.1) is 6.42 Å². The van der Waals surface area contributed by atoms with Gasteiger partial charge in [0, 0.05) is 16.6 Å². The van der Waals surface area contributed by atoms with E-state index in [0.29, 0.717) is 12.8 Å². The van der Waals surface area contributed by atoms with E-state index >= 15 is 0 Å². The molecule has 0 saturated heterocycles. The van der Waals surface area contributed by atoms with Gasteiger partial charge in [0.2, 0.25) is 0 Å². The molecule has 0 fully saturated rings. The Hall–Kier alpha value is -3.21. The fourth-order valence-corrected chi connectivity index (χ4v) is 6.26. The lowest BCUT2D eigenvalue weighted by molar-refractivity contribution is -0.474. The molecule has 2 rings (SSSR count). The van der Waals surface area contributed by atoms with E-state index in [1.807, 2.05) is 52.0 Å². The quantitative estimate of drug-likeness (QED) is 0.0798. The third-order valence-electron chi connectivity index (χ3n) is 8.75. The number of ether oxygens (including phenoxy) is 1.